The lowest BCUT2D eigenvalue weighted by molar-refractivity contribution is 0.0697. The van der Waals surface area contributed by atoms with Crippen molar-refractivity contribution in [1.82, 2.24) is 9.55 Å². The number of nitrogens with one attached hydrogen (secondary N) is 1. The summed E-state index contributed by atoms with van der Waals surface area (Å²) in [6, 6.07) is 4.88. The van der Waals surface area contributed by atoms with Gasteiger partial charge in [0.25, 0.3) is 0 Å². The van der Waals surface area contributed by atoms with Crippen LogP contribution in [0.5, 0.6) is 0 Å². The maximum atomic E-state index is 10.8. The van der Waals surface area contributed by atoms with Gasteiger partial charge in [-0.05, 0) is 31.0 Å². The largest absolute Gasteiger partial charge is 0.478 e. The number of hydrogen-bond donors (Lipinski definition) is 2. The van der Waals surface area contributed by atoms with E-state index in [2.05, 4.69) is 10.3 Å². The Morgan fingerprint density at radius 3 is 2.90 bits per heavy atom. The number of nitrogens with zero attached hydrogens (tertiary/aromatic N) is 2. The number of carboxylic acid groups (broad SMARTS) is 1. The van der Waals surface area contributed by atoms with E-state index < -0.39 is 5.97 Å². The number of hydrogen-bond acceptors (Lipinski definition) is 3. The summed E-state index contributed by atoms with van der Waals surface area (Å²) in [6.45, 7) is 1.76. The first-order valence-electron chi connectivity index (χ1n) is 6.39. The van der Waals surface area contributed by atoms with Crippen molar-refractivity contribution < 1.29 is 9.90 Å². The predicted octanol–water partition coefficient (Wildman–Crippen LogP) is 3.13. The lowest BCUT2D eigenvalue weighted by atomic mass is 10.2. The molecule has 0 bridgehead atoms. The lowest BCUT2D eigenvalue weighted by Gasteiger charge is -2.08. The second kappa shape index (κ2) is 6.96. The highest BCUT2D eigenvalue weighted by atomic mass is 35.5. The number of rotatable bonds is 7. The molecule has 0 unspecified atom stereocenters. The molecule has 1 aromatic heterocycles. The van der Waals surface area contributed by atoms with Gasteiger partial charge < -0.3 is 15.0 Å². The summed E-state index contributed by atoms with van der Waals surface area (Å²) in [5.74, 6) is -1.01. The fourth-order valence-electron chi connectivity index (χ4n) is 1.87. The molecule has 0 aliphatic heterocycles. The van der Waals surface area contributed by atoms with E-state index in [1.54, 1.807) is 24.7 Å². The smallest absolute Gasteiger partial charge is 0.337 e. The predicted molar refractivity (Wildman–Crippen MR) is 78.4 cm³/mol. The van der Waals surface area contributed by atoms with Gasteiger partial charge in [0.05, 0.1) is 16.9 Å². The third-order valence-electron chi connectivity index (χ3n) is 2.93. The molecule has 0 fully saturated rings. The summed E-state index contributed by atoms with van der Waals surface area (Å²) in [5, 5.41) is 12.4. The van der Waals surface area contributed by atoms with Crippen LogP contribution in [0, 0.1) is 0 Å². The number of aromatic nitrogens is 2. The van der Waals surface area contributed by atoms with E-state index in [4.69, 9.17) is 16.7 Å². The summed E-state index contributed by atoms with van der Waals surface area (Å²) in [4.78, 5) is 14.8. The van der Waals surface area contributed by atoms with Crippen LogP contribution in [-0.4, -0.2) is 27.2 Å². The van der Waals surface area contributed by atoms with Gasteiger partial charge in [0.2, 0.25) is 0 Å². The minimum atomic E-state index is -1.01. The maximum Gasteiger partial charge on any atom is 0.337 e. The van der Waals surface area contributed by atoms with Crippen molar-refractivity contribution in [2.45, 2.75) is 19.4 Å². The zero-order chi connectivity index (χ0) is 14.4. The third-order valence-corrected chi connectivity index (χ3v) is 3.24. The fourth-order valence-corrected chi connectivity index (χ4v) is 2.13. The van der Waals surface area contributed by atoms with Gasteiger partial charge in [-0.2, -0.15) is 0 Å². The van der Waals surface area contributed by atoms with Crippen molar-refractivity contribution in [3.05, 3.63) is 47.5 Å². The van der Waals surface area contributed by atoms with Crippen LogP contribution in [0.25, 0.3) is 0 Å². The normalized spacial score (nSPS) is 10.4. The quantitative estimate of drug-likeness (QED) is 0.770. The van der Waals surface area contributed by atoms with Crippen molar-refractivity contribution >= 4 is 23.3 Å². The van der Waals surface area contributed by atoms with Crippen LogP contribution >= 0.6 is 11.6 Å². The molecule has 1 heterocycles. The molecule has 2 N–H and O–H groups in total. The van der Waals surface area contributed by atoms with Gasteiger partial charge >= 0.3 is 5.97 Å². The van der Waals surface area contributed by atoms with E-state index in [0.29, 0.717) is 0 Å². The molecule has 2 rings (SSSR count). The molecule has 20 heavy (non-hydrogen) atoms. The van der Waals surface area contributed by atoms with Crippen molar-refractivity contribution in [3.8, 4) is 0 Å². The summed E-state index contributed by atoms with van der Waals surface area (Å²) in [7, 11) is 0. The minimum absolute atomic E-state index is 0.123. The Labute approximate surface area is 122 Å². The second-order valence-electron chi connectivity index (χ2n) is 4.43. The zero-order valence-electron chi connectivity index (χ0n) is 10.9. The Bertz CT molecular complexity index is 570. The molecule has 0 saturated carbocycles. The Morgan fingerprint density at radius 1 is 1.40 bits per heavy atom. The van der Waals surface area contributed by atoms with Crippen LogP contribution in [0.2, 0.25) is 5.02 Å². The summed E-state index contributed by atoms with van der Waals surface area (Å²) in [6.07, 6.45) is 7.57. The fraction of sp³-hybridized carbons (Fsp3) is 0.286. The molecular weight excluding hydrogens is 278 g/mol. The molecule has 5 nitrogen and oxygen atoms in total. The van der Waals surface area contributed by atoms with Crippen LogP contribution in [0.4, 0.5) is 5.69 Å². The molecule has 1 aromatic carbocycles. The number of unbranched alkanes of at least 4 members (excludes halogenated alkanes) is 1. The molecule has 0 atom stereocenters. The summed E-state index contributed by atoms with van der Waals surface area (Å²) in [5.41, 5.74) is 0.958. The molecule has 106 valence electrons. The van der Waals surface area contributed by atoms with Gasteiger partial charge in [-0.25, -0.2) is 9.78 Å². The van der Waals surface area contributed by atoms with E-state index in [9.17, 15) is 4.79 Å². The van der Waals surface area contributed by atoms with E-state index in [1.807, 2.05) is 10.8 Å². The molecule has 0 spiro atoms. The van der Waals surface area contributed by atoms with Gasteiger partial charge in [-0.15, -0.1) is 0 Å². The van der Waals surface area contributed by atoms with E-state index in [1.165, 1.54) is 6.07 Å². The van der Waals surface area contributed by atoms with Crippen molar-refractivity contribution in [3.63, 3.8) is 0 Å². The van der Waals surface area contributed by atoms with Crippen LogP contribution in [0.1, 0.15) is 23.2 Å². The van der Waals surface area contributed by atoms with Crippen molar-refractivity contribution in [1.29, 1.82) is 0 Å². The highest BCUT2D eigenvalue weighted by Gasteiger charge is 2.08. The Balaban J connectivity index is 1.74. The maximum absolute atomic E-state index is 10.8. The number of imidazole rings is 1. The number of aromatic carboxylic acids is 1. The highest BCUT2D eigenvalue weighted by molar-refractivity contribution is 6.33. The molecular formula is C14H16ClN3O2. The minimum Gasteiger partial charge on any atom is -0.478 e. The van der Waals surface area contributed by atoms with Crippen molar-refractivity contribution in [2.24, 2.45) is 0 Å². The number of benzene rings is 1. The lowest BCUT2D eigenvalue weighted by Crippen LogP contribution is -2.04. The van der Waals surface area contributed by atoms with Gasteiger partial charge in [0.15, 0.2) is 0 Å². The van der Waals surface area contributed by atoms with Gasteiger partial charge in [0, 0.05) is 31.2 Å². The van der Waals surface area contributed by atoms with Crippen LogP contribution in [0.15, 0.2) is 36.9 Å². The molecule has 6 heteroatoms. The number of carbonyl (C=O) groups is 1. The third kappa shape index (κ3) is 3.99. The van der Waals surface area contributed by atoms with E-state index in [-0.39, 0.29) is 10.6 Å². The van der Waals surface area contributed by atoms with Crippen LogP contribution in [-0.2, 0) is 6.54 Å². The average molecular weight is 294 g/mol. The molecule has 2 aromatic rings. The van der Waals surface area contributed by atoms with Gasteiger partial charge in [0.1, 0.15) is 0 Å². The van der Waals surface area contributed by atoms with Gasteiger partial charge in [-0.3, -0.25) is 0 Å². The first kappa shape index (κ1) is 14.4. The zero-order valence-corrected chi connectivity index (χ0v) is 11.7. The van der Waals surface area contributed by atoms with Crippen LogP contribution < -0.4 is 5.32 Å². The van der Waals surface area contributed by atoms with Crippen LogP contribution in [0.3, 0.4) is 0 Å². The van der Waals surface area contributed by atoms with E-state index in [0.717, 1.165) is 31.6 Å². The summed E-state index contributed by atoms with van der Waals surface area (Å²) < 4.78 is 2.04. The number of aryl methyl sites for hydroxylation is 1. The van der Waals surface area contributed by atoms with Crippen molar-refractivity contribution in [2.75, 3.05) is 11.9 Å². The number of carboxylic acids is 1. The number of halogens is 1. The molecule has 0 saturated heterocycles. The first-order chi connectivity index (χ1) is 9.66. The SMILES string of the molecule is O=C(O)c1ccc(NCCCCn2ccnc2)cc1Cl. The molecule has 0 amide bonds. The number of anilines is 1. The van der Waals surface area contributed by atoms with E-state index >= 15 is 0 Å². The Kier molecular flexibility index (Phi) is 5.01. The Morgan fingerprint density at radius 2 is 2.25 bits per heavy atom. The molecule has 0 radical (unpaired) electrons. The van der Waals surface area contributed by atoms with Gasteiger partial charge in [-0.1, -0.05) is 11.6 Å². The molecule has 0 aliphatic carbocycles. The standard InChI is InChI=1S/C14H16ClN3O2/c15-13-9-11(3-4-12(13)14(19)20)17-5-1-2-7-18-8-6-16-10-18/h3-4,6,8-10,17H,1-2,5,7H2,(H,19,20). The topological polar surface area (TPSA) is 67.2 Å². The highest BCUT2D eigenvalue weighted by Crippen LogP contribution is 2.21. The first-order valence-corrected chi connectivity index (χ1v) is 6.77. The second-order valence-corrected chi connectivity index (χ2v) is 4.84. The summed E-state index contributed by atoms with van der Waals surface area (Å²) >= 11 is 5.90. The monoisotopic (exact) mass is 293 g/mol. The Hall–Kier alpha value is -2.01. The molecule has 0 aliphatic rings. The average Bonchev–Trinajstić information content (AvgIpc) is 2.91.